The molecule has 0 aliphatic carbocycles. The molecule has 0 radical (unpaired) electrons. The highest BCUT2D eigenvalue weighted by atomic mass is 32.2. The third kappa shape index (κ3) is 3.23. The van der Waals surface area contributed by atoms with Crippen molar-refractivity contribution in [2.24, 2.45) is 0 Å². The minimum atomic E-state index is 0.0963. The molecule has 2 heterocycles. The van der Waals surface area contributed by atoms with Gasteiger partial charge >= 0.3 is 0 Å². The van der Waals surface area contributed by atoms with Crippen molar-refractivity contribution in [3.05, 3.63) is 24.3 Å². The second kappa shape index (κ2) is 6.27. The molecule has 110 valence electrons. The number of rotatable bonds is 3. The van der Waals surface area contributed by atoms with Gasteiger partial charge in [-0.2, -0.15) is 11.8 Å². The van der Waals surface area contributed by atoms with Crippen molar-refractivity contribution in [3.8, 4) is 5.75 Å². The second-order valence-electron chi connectivity index (χ2n) is 5.65. The third-order valence-corrected chi connectivity index (χ3v) is 5.28. The molecule has 0 bridgehead atoms. The van der Waals surface area contributed by atoms with Crippen LogP contribution in [0.4, 0.5) is 5.69 Å². The lowest BCUT2D eigenvalue weighted by atomic mass is 9.86. The lowest BCUT2D eigenvalue weighted by molar-refractivity contribution is -0.116. The molecule has 1 unspecified atom stereocenters. The first-order chi connectivity index (χ1) is 9.80. The summed E-state index contributed by atoms with van der Waals surface area (Å²) in [6.45, 7) is 0.837. The third-order valence-electron chi connectivity index (χ3n) is 4.30. The number of benzene rings is 1. The average Bonchev–Trinajstić information content (AvgIpc) is 2.49. The van der Waals surface area contributed by atoms with Crippen LogP contribution in [0.5, 0.6) is 5.75 Å². The summed E-state index contributed by atoms with van der Waals surface area (Å²) in [5.41, 5.74) is 1.21. The summed E-state index contributed by atoms with van der Waals surface area (Å²) in [6.07, 6.45) is 4.70. The molecule has 4 heteroatoms. The van der Waals surface area contributed by atoms with E-state index in [1.807, 2.05) is 30.9 Å². The Kier molecular flexibility index (Phi) is 4.41. The number of hydrogen-bond acceptors (Lipinski definition) is 4. The number of ether oxygens (including phenoxy) is 2. The first-order valence-corrected chi connectivity index (χ1v) is 8.61. The molecule has 2 aliphatic heterocycles. The van der Waals surface area contributed by atoms with Crippen molar-refractivity contribution in [1.29, 1.82) is 0 Å². The van der Waals surface area contributed by atoms with Crippen LogP contribution in [0.1, 0.15) is 25.7 Å². The normalized spacial score (nSPS) is 25.4. The molecular weight excluding hydrogens is 270 g/mol. The van der Waals surface area contributed by atoms with Crippen LogP contribution in [0, 0.1) is 0 Å². The van der Waals surface area contributed by atoms with E-state index < -0.39 is 0 Å². The molecule has 1 atom stereocenters. The first-order valence-electron chi connectivity index (χ1n) is 7.46. The van der Waals surface area contributed by atoms with Crippen LogP contribution in [0.2, 0.25) is 0 Å². The monoisotopic (exact) mass is 293 g/mol. The van der Waals surface area contributed by atoms with Crippen LogP contribution in [-0.4, -0.2) is 36.9 Å². The molecule has 1 aromatic rings. The molecule has 0 aromatic heterocycles. The fourth-order valence-electron chi connectivity index (χ4n) is 3.07. The summed E-state index contributed by atoms with van der Waals surface area (Å²) in [6, 6.07) is 8.21. The average molecular weight is 293 g/mol. The zero-order valence-electron chi connectivity index (χ0n) is 12.1. The minimum Gasteiger partial charge on any atom is -0.490 e. The zero-order valence-corrected chi connectivity index (χ0v) is 12.9. The van der Waals surface area contributed by atoms with Gasteiger partial charge in [0.1, 0.15) is 11.9 Å². The Hall–Kier alpha value is -0.870. The molecule has 0 amide bonds. The van der Waals surface area contributed by atoms with E-state index in [0.717, 1.165) is 30.9 Å². The summed E-state index contributed by atoms with van der Waals surface area (Å²) >= 11 is 2.04. The predicted molar refractivity (Wildman–Crippen MR) is 84.9 cm³/mol. The molecule has 1 aromatic carbocycles. The van der Waals surface area contributed by atoms with Gasteiger partial charge in [-0.05, 0) is 48.6 Å². The van der Waals surface area contributed by atoms with Gasteiger partial charge in [-0.25, -0.2) is 0 Å². The highest BCUT2D eigenvalue weighted by Crippen LogP contribution is 2.38. The lowest BCUT2D eigenvalue weighted by Gasteiger charge is -2.43. The molecule has 20 heavy (non-hydrogen) atoms. The summed E-state index contributed by atoms with van der Waals surface area (Å²) in [7, 11) is 1.93. The second-order valence-corrected chi connectivity index (χ2v) is 6.88. The van der Waals surface area contributed by atoms with Crippen LogP contribution in [0.25, 0.3) is 0 Å². The van der Waals surface area contributed by atoms with Crippen LogP contribution < -0.4 is 10.1 Å². The SMILES string of the molecule is CNc1ccc(OC2CCOC3(CCSCC3)C2)cc1. The summed E-state index contributed by atoms with van der Waals surface area (Å²) in [4.78, 5) is 0. The molecule has 1 spiro atoms. The van der Waals surface area contributed by atoms with E-state index in [4.69, 9.17) is 9.47 Å². The Morgan fingerprint density at radius 1 is 1.25 bits per heavy atom. The topological polar surface area (TPSA) is 30.5 Å². The molecule has 2 saturated heterocycles. The van der Waals surface area contributed by atoms with Crippen LogP contribution in [0.3, 0.4) is 0 Å². The van der Waals surface area contributed by atoms with E-state index in [2.05, 4.69) is 17.4 Å². The van der Waals surface area contributed by atoms with Crippen LogP contribution in [-0.2, 0) is 4.74 Å². The maximum atomic E-state index is 6.17. The lowest BCUT2D eigenvalue weighted by Crippen LogP contribution is -2.46. The molecule has 2 aliphatic rings. The maximum Gasteiger partial charge on any atom is 0.119 e. The van der Waals surface area contributed by atoms with E-state index >= 15 is 0 Å². The van der Waals surface area contributed by atoms with E-state index in [9.17, 15) is 0 Å². The van der Waals surface area contributed by atoms with Gasteiger partial charge in [0.15, 0.2) is 0 Å². The van der Waals surface area contributed by atoms with E-state index in [-0.39, 0.29) is 5.60 Å². The largest absolute Gasteiger partial charge is 0.490 e. The van der Waals surface area contributed by atoms with Gasteiger partial charge in [0.05, 0.1) is 12.2 Å². The van der Waals surface area contributed by atoms with Crippen molar-refractivity contribution in [3.63, 3.8) is 0 Å². The summed E-state index contributed by atoms with van der Waals surface area (Å²) < 4.78 is 12.3. The molecular formula is C16H23NO2S. The fraction of sp³-hybridized carbons (Fsp3) is 0.625. The first kappa shape index (κ1) is 14.1. The highest BCUT2D eigenvalue weighted by molar-refractivity contribution is 7.99. The van der Waals surface area contributed by atoms with Gasteiger partial charge in [0.2, 0.25) is 0 Å². The standard InChI is InChI=1S/C16H23NO2S/c1-17-13-2-4-14(5-3-13)19-15-6-9-18-16(12-15)7-10-20-11-8-16/h2-5,15,17H,6-12H2,1H3. The molecule has 1 N–H and O–H groups in total. The van der Waals surface area contributed by atoms with E-state index in [1.54, 1.807) is 0 Å². The van der Waals surface area contributed by atoms with E-state index in [1.165, 1.54) is 24.3 Å². The summed E-state index contributed by atoms with van der Waals surface area (Å²) in [5, 5.41) is 3.13. The van der Waals surface area contributed by atoms with E-state index in [0.29, 0.717) is 6.10 Å². The van der Waals surface area contributed by atoms with Crippen molar-refractivity contribution >= 4 is 17.4 Å². The van der Waals surface area contributed by atoms with Gasteiger partial charge in [-0.3, -0.25) is 0 Å². The van der Waals surface area contributed by atoms with Crippen LogP contribution in [0.15, 0.2) is 24.3 Å². The maximum absolute atomic E-state index is 6.17. The van der Waals surface area contributed by atoms with Crippen LogP contribution >= 0.6 is 11.8 Å². The number of anilines is 1. The quantitative estimate of drug-likeness (QED) is 0.923. The number of thioether (sulfide) groups is 1. The van der Waals surface area contributed by atoms with Gasteiger partial charge in [0.25, 0.3) is 0 Å². The minimum absolute atomic E-state index is 0.0963. The Balaban J connectivity index is 1.61. The van der Waals surface area contributed by atoms with Crippen molar-refractivity contribution in [2.45, 2.75) is 37.4 Å². The Morgan fingerprint density at radius 2 is 2.00 bits per heavy atom. The molecule has 3 rings (SSSR count). The van der Waals surface area contributed by atoms with Gasteiger partial charge in [-0.15, -0.1) is 0 Å². The van der Waals surface area contributed by atoms with Gasteiger partial charge in [-0.1, -0.05) is 0 Å². The molecule has 2 fully saturated rings. The Morgan fingerprint density at radius 3 is 2.70 bits per heavy atom. The highest BCUT2D eigenvalue weighted by Gasteiger charge is 2.39. The number of hydrogen-bond donors (Lipinski definition) is 1. The zero-order chi connectivity index (χ0) is 13.8. The molecule has 0 saturated carbocycles. The summed E-state index contributed by atoms with van der Waals surface area (Å²) in [5.74, 6) is 3.42. The number of nitrogens with one attached hydrogen (secondary N) is 1. The van der Waals surface area contributed by atoms with Crippen molar-refractivity contribution in [1.82, 2.24) is 0 Å². The van der Waals surface area contributed by atoms with Gasteiger partial charge < -0.3 is 14.8 Å². The fourth-order valence-corrected chi connectivity index (χ4v) is 4.30. The molecule has 3 nitrogen and oxygen atoms in total. The van der Waals surface area contributed by atoms with Crippen molar-refractivity contribution in [2.75, 3.05) is 30.5 Å². The predicted octanol–water partition coefficient (Wildman–Crippen LogP) is 3.55. The Bertz CT molecular complexity index is 423. The van der Waals surface area contributed by atoms with Crippen molar-refractivity contribution < 1.29 is 9.47 Å². The Labute approximate surface area is 125 Å². The smallest absolute Gasteiger partial charge is 0.119 e. The van der Waals surface area contributed by atoms with Gasteiger partial charge in [0, 0.05) is 25.6 Å².